The summed E-state index contributed by atoms with van der Waals surface area (Å²) >= 11 is 0. The van der Waals surface area contributed by atoms with Gasteiger partial charge in [0.05, 0.1) is 13.2 Å². The third kappa shape index (κ3) is 7.50. The minimum atomic E-state index is -0.631. The van der Waals surface area contributed by atoms with Crippen LogP contribution in [0.15, 0.2) is 133 Å². The van der Waals surface area contributed by atoms with Crippen molar-refractivity contribution in [2.24, 2.45) is 0 Å². The summed E-state index contributed by atoms with van der Waals surface area (Å²) < 4.78 is 18.6. The highest BCUT2D eigenvalue weighted by atomic mass is 16.6. The number of rotatable bonds is 12. The van der Waals surface area contributed by atoms with Crippen LogP contribution in [0, 0.1) is 0 Å². The summed E-state index contributed by atoms with van der Waals surface area (Å²) in [6.45, 7) is 5.68. The van der Waals surface area contributed by atoms with Crippen molar-refractivity contribution >= 4 is 5.97 Å². The van der Waals surface area contributed by atoms with Gasteiger partial charge in [0.15, 0.2) is 0 Å². The lowest BCUT2D eigenvalue weighted by molar-refractivity contribution is -0.153. The minimum absolute atomic E-state index is 0.157. The maximum atomic E-state index is 12.5. The van der Waals surface area contributed by atoms with E-state index in [4.69, 9.17) is 14.2 Å². The van der Waals surface area contributed by atoms with E-state index >= 15 is 0 Å². The Kier molecular flexibility index (Phi) is 9.41. The summed E-state index contributed by atoms with van der Waals surface area (Å²) in [4.78, 5) is 12.5. The molecular weight excluding hydrogens is 460 g/mol. The fourth-order valence-electron chi connectivity index (χ4n) is 4.06. The molecule has 0 spiro atoms. The first kappa shape index (κ1) is 26.1. The molecule has 0 aromatic heterocycles. The molecule has 4 aromatic rings. The smallest absolute Gasteiger partial charge is 0.333 e. The molecule has 4 nitrogen and oxygen atoms in total. The van der Waals surface area contributed by atoms with Crippen LogP contribution in [0.4, 0.5) is 0 Å². The zero-order valence-corrected chi connectivity index (χ0v) is 21.0. The average Bonchev–Trinajstić information content (AvgIpc) is 2.95. The van der Waals surface area contributed by atoms with E-state index in [1.54, 1.807) is 6.92 Å². The molecule has 0 aliphatic carbocycles. The van der Waals surface area contributed by atoms with Gasteiger partial charge >= 0.3 is 5.97 Å². The zero-order chi connectivity index (χ0) is 25.9. The van der Waals surface area contributed by atoms with Crippen LogP contribution < -0.4 is 0 Å². The Bertz CT molecular complexity index is 1070. The van der Waals surface area contributed by atoms with Crippen molar-refractivity contribution in [2.75, 3.05) is 13.2 Å². The first-order chi connectivity index (χ1) is 18.1. The number of benzene rings is 4. The monoisotopic (exact) mass is 492 g/mol. The van der Waals surface area contributed by atoms with Crippen molar-refractivity contribution in [2.45, 2.75) is 25.2 Å². The Hall–Kier alpha value is -3.99. The number of carbonyl (C=O) groups is 1. The summed E-state index contributed by atoms with van der Waals surface area (Å²) in [5.74, 6) is -0.468. The van der Waals surface area contributed by atoms with Crippen LogP contribution in [0.1, 0.15) is 41.4 Å². The number of carbonyl (C=O) groups excluding carboxylic acids is 1. The second-order valence-corrected chi connectivity index (χ2v) is 8.88. The fraction of sp³-hybridized carbons (Fsp3) is 0.182. The Labute approximate surface area is 219 Å². The summed E-state index contributed by atoms with van der Waals surface area (Å²) in [5.41, 5.74) is 4.41. The SMILES string of the molecule is C=C(C)C(=O)OC(COC(c1ccccc1)c1ccccc1)COC(c1ccccc1)c1ccccc1. The summed E-state index contributed by atoms with van der Waals surface area (Å²) in [6, 6.07) is 40.1. The number of esters is 1. The predicted octanol–water partition coefficient (Wildman–Crippen LogP) is 7.09. The molecule has 0 aliphatic heterocycles. The second-order valence-electron chi connectivity index (χ2n) is 8.88. The van der Waals surface area contributed by atoms with Gasteiger partial charge in [-0.1, -0.05) is 128 Å². The van der Waals surface area contributed by atoms with Crippen LogP contribution in [-0.4, -0.2) is 25.3 Å². The fourth-order valence-corrected chi connectivity index (χ4v) is 4.06. The quantitative estimate of drug-likeness (QED) is 0.156. The Balaban J connectivity index is 1.54. The van der Waals surface area contributed by atoms with Crippen LogP contribution in [0.25, 0.3) is 0 Å². The lowest BCUT2D eigenvalue weighted by Gasteiger charge is -2.26. The highest BCUT2D eigenvalue weighted by Gasteiger charge is 2.23. The van der Waals surface area contributed by atoms with Gasteiger partial charge in [0, 0.05) is 5.57 Å². The maximum Gasteiger partial charge on any atom is 0.333 e. The third-order valence-corrected chi connectivity index (χ3v) is 5.93. The average molecular weight is 493 g/mol. The molecule has 0 aliphatic rings. The van der Waals surface area contributed by atoms with Gasteiger partial charge in [0.2, 0.25) is 0 Å². The lowest BCUT2D eigenvalue weighted by atomic mass is 10.0. The Morgan fingerprint density at radius 3 is 1.16 bits per heavy atom. The molecule has 0 bridgehead atoms. The maximum absolute atomic E-state index is 12.5. The molecule has 4 rings (SSSR count). The van der Waals surface area contributed by atoms with Crippen molar-refractivity contribution in [3.8, 4) is 0 Å². The van der Waals surface area contributed by atoms with E-state index in [-0.39, 0.29) is 25.4 Å². The molecule has 4 aromatic carbocycles. The molecule has 4 heteroatoms. The largest absolute Gasteiger partial charge is 0.454 e. The van der Waals surface area contributed by atoms with Crippen molar-refractivity contribution in [3.63, 3.8) is 0 Å². The van der Waals surface area contributed by atoms with Crippen molar-refractivity contribution in [1.29, 1.82) is 0 Å². The molecule has 0 fully saturated rings. The summed E-state index contributed by atoms with van der Waals surface area (Å²) in [5, 5.41) is 0. The van der Waals surface area contributed by atoms with Gasteiger partial charge in [-0.05, 0) is 29.2 Å². The zero-order valence-electron chi connectivity index (χ0n) is 21.0. The summed E-state index contributed by atoms with van der Waals surface area (Å²) in [6.07, 6.45) is -1.26. The molecule has 0 N–H and O–H groups in total. The van der Waals surface area contributed by atoms with Crippen LogP contribution >= 0.6 is 0 Å². The molecule has 0 amide bonds. The van der Waals surface area contributed by atoms with E-state index in [1.165, 1.54) is 0 Å². The van der Waals surface area contributed by atoms with Crippen LogP contribution in [0.3, 0.4) is 0 Å². The van der Waals surface area contributed by atoms with E-state index in [9.17, 15) is 4.79 Å². The molecular formula is C33H32O4. The van der Waals surface area contributed by atoms with Crippen LogP contribution in [0.2, 0.25) is 0 Å². The van der Waals surface area contributed by atoms with Crippen LogP contribution in [-0.2, 0) is 19.0 Å². The second kappa shape index (κ2) is 13.4. The van der Waals surface area contributed by atoms with Gasteiger partial charge in [-0.3, -0.25) is 0 Å². The highest BCUT2D eigenvalue weighted by molar-refractivity contribution is 5.87. The van der Waals surface area contributed by atoms with E-state index < -0.39 is 12.1 Å². The van der Waals surface area contributed by atoms with Gasteiger partial charge in [-0.25, -0.2) is 4.79 Å². The number of hydrogen-bond acceptors (Lipinski definition) is 4. The van der Waals surface area contributed by atoms with Gasteiger partial charge in [-0.15, -0.1) is 0 Å². The molecule has 188 valence electrons. The standard InChI is InChI=1S/C33H32O4/c1-25(2)33(34)37-30(23-35-31(26-15-7-3-8-16-26)27-17-9-4-10-18-27)24-36-32(28-19-11-5-12-20-28)29-21-13-6-14-22-29/h3-22,30-32H,1,23-24H2,2H3. The molecule has 0 radical (unpaired) electrons. The van der Waals surface area contributed by atoms with Crippen LogP contribution in [0.5, 0.6) is 0 Å². The molecule has 0 saturated heterocycles. The van der Waals surface area contributed by atoms with E-state index in [1.807, 2.05) is 121 Å². The normalized spacial score (nSPS) is 11.1. The molecule has 0 unspecified atom stereocenters. The van der Waals surface area contributed by atoms with Crippen molar-refractivity contribution < 1.29 is 19.0 Å². The van der Waals surface area contributed by atoms with Gasteiger partial charge in [-0.2, -0.15) is 0 Å². The number of ether oxygens (including phenoxy) is 3. The molecule has 0 saturated carbocycles. The minimum Gasteiger partial charge on any atom is -0.454 e. The molecule has 37 heavy (non-hydrogen) atoms. The Morgan fingerprint density at radius 1 is 0.595 bits per heavy atom. The third-order valence-electron chi connectivity index (χ3n) is 5.93. The molecule has 0 atom stereocenters. The number of hydrogen-bond donors (Lipinski definition) is 0. The highest BCUT2D eigenvalue weighted by Crippen LogP contribution is 2.28. The van der Waals surface area contributed by atoms with E-state index in [2.05, 4.69) is 6.58 Å². The first-order valence-electron chi connectivity index (χ1n) is 12.4. The first-order valence-corrected chi connectivity index (χ1v) is 12.4. The van der Waals surface area contributed by atoms with Crippen molar-refractivity contribution in [3.05, 3.63) is 156 Å². The van der Waals surface area contributed by atoms with Gasteiger partial charge < -0.3 is 14.2 Å². The van der Waals surface area contributed by atoms with Gasteiger partial charge in [0.1, 0.15) is 18.3 Å². The molecule has 0 heterocycles. The van der Waals surface area contributed by atoms with Crippen molar-refractivity contribution in [1.82, 2.24) is 0 Å². The van der Waals surface area contributed by atoms with E-state index in [0.29, 0.717) is 5.57 Å². The lowest BCUT2D eigenvalue weighted by Crippen LogP contribution is -2.30. The van der Waals surface area contributed by atoms with Gasteiger partial charge in [0.25, 0.3) is 0 Å². The summed E-state index contributed by atoms with van der Waals surface area (Å²) in [7, 11) is 0. The predicted molar refractivity (Wildman–Crippen MR) is 146 cm³/mol. The van der Waals surface area contributed by atoms with E-state index in [0.717, 1.165) is 22.3 Å². The Morgan fingerprint density at radius 2 is 0.892 bits per heavy atom. The topological polar surface area (TPSA) is 44.8 Å².